The van der Waals surface area contributed by atoms with Crippen LogP contribution >= 0.6 is 11.6 Å². The van der Waals surface area contributed by atoms with Crippen molar-refractivity contribution in [2.45, 2.75) is 33.3 Å². The van der Waals surface area contributed by atoms with Crippen molar-refractivity contribution in [3.63, 3.8) is 0 Å². The molecule has 0 amide bonds. The Morgan fingerprint density at radius 2 is 2.16 bits per heavy atom. The summed E-state index contributed by atoms with van der Waals surface area (Å²) in [6, 6.07) is 1.64. The Morgan fingerprint density at radius 1 is 1.47 bits per heavy atom. The molecule has 0 aromatic carbocycles. The van der Waals surface area contributed by atoms with Crippen LogP contribution in [0.25, 0.3) is 6.08 Å². The standard InChI is InChI=1S/C14H18ClNO3/c1-5-18-7-6-10-8-11(15)9-16-12(10)13(17)19-14(2,3)4/h6-9H,5H2,1-4H3/b7-6+. The maximum absolute atomic E-state index is 12.0. The van der Waals surface area contributed by atoms with Gasteiger partial charge in [0.2, 0.25) is 0 Å². The number of carbonyl (C=O) groups is 1. The van der Waals surface area contributed by atoms with E-state index in [0.29, 0.717) is 17.2 Å². The summed E-state index contributed by atoms with van der Waals surface area (Å²) in [5, 5.41) is 0.448. The summed E-state index contributed by atoms with van der Waals surface area (Å²) in [7, 11) is 0. The number of ether oxygens (including phenoxy) is 2. The smallest absolute Gasteiger partial charge is 0.358 e. The number of halogens is 1. The second-order valence-electron chi connectivity index (χ2n) is 4.85. The molecule has 1 rings (SSSR count). The number of hydrogen-bond donors (Lipinski definition) is 0. The van der Waals surface area contributed by atoms with Gasteiger partial charge in [-0.3, -0.25) is 0 Å². The van der Waals surface area contributed by atoms with Crippen molar-refractivity contribution in [1.82, 2.24) is 4.98 Å². The minimum Gasteiger partial charge on any atom is -0.501 e. The molecule has 0 spiro atoms. The van der Waals surface area contributed by atoms with Gasteiger partial charge in [-0.15, -0.1) is 0 Å². The van der Waals surface area contributed by atoms with Crippen LogP contribution in [0.3, 0.4) is 0 Å². The molecule has 0 atom stereocenters. The molecule has 0 radical (unpaired) electrons. The first kappa shape index (κ1) is 15.5. The Morgan fingerprint density at radius 3 is 2.74 bits per heavy atom. The Balaban J connectivity index is 3.02. The third kappa shape index (κ3) is 5.30. The molecule has 1 heterocycles. The van der Waals surface area contributed by atoms with E-state index < -0.39 is 11.6 Å². The fraction of sp³-hybridized carbons (Fsp3) is 0.429. The molecule has 0 N–H and O–H groups in total. The zero-order valence-corrected chi connectivity index (χ0v) is 12.3. The Hall–Kier alpha value is -1.55. The van der Waals surface area contributed by atoms with Crippen LogP contribution in [0.15, 0.2) is 18.5 Å². The third-order valence-corrected chi connectivity index (χ3v) is 2.19. The Kier molecular flexibility index (Phi) is 5.36. The maximum Gasteiger partial charge on any atom is 0.358 e. The first-order chi connectivity index (χ1) is 8.83. The van der Waals surface area contributed by atoms with E-state index in [9.17, 15) is 4.79 Å². The number of rotatable bonds is 4. The molecule has 5 heteroatoms. The van der Waals surface area contributed by atoms with Crippen molar-refractivity contribution in [3.05, 3.63) is 34.8 Å². The molecule has 0 aliphatic carbocycles. The lowest BCUT2D eigenvalue weighted by Crippen LogP contribution is -2.25. The fourth-order valence-electron chi connectivity index (χ4n) is 1.30. The second-order valence-corrected chi connectivity index (χ2v) is 5.29. The van der Waals surface area contributed by atoms with Crippen LogP contribution in [0.1, 0.15) is 43.7 Å². The number of esters is 1. The highest BCUT2D eigenvalue weighted by molar-refractivity contribution is 6.30. The van der Waals surface area contributed by atoms with Crippen LogP contribution in [0.2, 0.25) is 5.02 Å². The number of carbonyl (C=O) groups excluding carboxylic acids is 1. The van der Waals surface area contributed by atoms with Crippen LogP contribution in [0, 0.1) is 0 Å². The summed E-state index contributed by atoms with van der Waals surface area (Å²) in [6.45, 7) is 7.82. The summed E-state index contributed by atoms with van der Waals surface area (Å²) in [6.07, 6.45) is 4.56. The van der Waals surface area contributed by atoms with Crippen LogP contribution in [0.5, 0.6) is 0 Å². The van der Waals surface area contributed by atoms with Crippen molar-refractivity contribution in [2.24, 2.45) is 0 Å². The van der Waals surface area contributed by atoms with Crippen LogP contribution in [-0.4, -0.2) is 23.2 Å². The van der Waals surface area contributed by atoms with Gasteiger partial charge >= 0.3 is 5.97 Å². The van der Waals surface area contributed by atoms with Gasteiger partial charge in [-0.1, -0.05) is 11.6 Å². The van der Waals surface area contributed by atoms with E-state index in [1.807, 2.05) is 6.92 Å². The first-order valence-corrected chi connectivity index (χ1v) is 6.38. The highest BCUT2D eigenvalue weighted by Crippen LogP contribution is 2.18. The number of aromatic nitrogens is 1. The van der Waals surface area contributed by atoms with Gasteiger partial charge in [-0.2, -0.15) is 0 Å². The molecule has 0 aliphatic heterocycles. The number of nitrogens with zero attached hydrogens (tertiary/aromatic N) is 1. The van der Waals surface area contributed by atoms with Crippen molar-refractivity contribution in [3.8, 4) is 0 Å². The Bertz CT molecular complexity index is 478. The molecule has 0 saturated heterocycles. The van der Waals surface area contributed by atoms with E-state index in [0.717, 1.165) is 0 Å². The van der Waals surface area contributed by atoms with Crippen LogP contribution in [0.4, 0.5) is 0 Å². The van der Waals surface area contributed by atoms with Gasteiger partial charge in [0.25, 0.3) is 0 Å². The van der Waals surface area contributed by atoms with Crippen molar-refractivity contribution >= 4 is 23.6 Å². The zero-order valence-electron chi connectivity index (χ0n) is 11.6. The average molecular weight is 284 g/mol. The lowest BCUT2D eigenvalue weighted by Gasteiger charge is -2.19. The molecule has 104 valence electrons. The topological polar surface area (TPSA) is 48.4 Å². The van der Waals surface area contributed by atoms with Gasteiger partial charge in [0.15, 0.2) is 5.69 Å². The normalized spacial score (nSPS) is 11.6. The van der Waals surface area contributed by atoms with E-state index in [2.05, 4.69) is 4.98 Å². The molecule has 0 aliphatic rings. The van der Waals surface area contributed by atoms with Crippen LogP contribution in [-0.2, 0) is 9.47 Å². The minimum atomic E-state index is -0.570. The lowest BCUT2D eigenvalue weighted by molar-refractivity contribution is 0.00626. The molecule has 19 heavy (non-hydrogen) atoms. The van der Waals surface area contributed by atoms with Gasteiger partial charge in [-0.25, -0.2) is 9.78 Å². The summed E-state index contributed by atoms with van der Waals surface area (Å²) >= 11 is 5.88. The molecule has 1 aromatic heterocycles. The van der Waals surface area contributed by atoms with E-state index in [-0.39, 0.29) is 5.69 Å². The highest BCUT2D eigenvalue weighted by atomic mass is 35.5. The zero-order chi connectivity index (χ0) is 14.5. The Labute approximate surface area is 118 Å². The molecular weight excluding hydrogens is 266 g/mol. The van der Waals surface area contributed by atoms with Crippen molar-refractivity contribution in [1.29, 1.82) is 0 Å². The molecule has 0 bridgehead atoms. The van der Waals surface area contributed by atoms with E-state index >= 15 is 0 Å². The quantitative estimate of drug-likeness (QED) is 0.624. The molecule has 0 unspecified atom stereocenters. The van der Waals surface area contributed by atoms with Gasteiger partial charge in [0.1, 0.15) is 5.60 Å². The maximum atomic E-state index is 12.0. The number of pyridine rings is 1. The molecule has 1 aromatic rings. The number of hydrogen-bond acceptors (Lipinski definition) is 4. The van der Waals surface area contributed by atoms with E-state index in [4.69, 9.17) is 21.1 Å². The molecule has 0 fully saturated rings. The summed E-state index contributed by atoms with van der Waals surface area (Å²) in [5.41, 5.74) is 0.213. The van der Waals surface area contributed by atoms with Gasteiger partial charge in [0, 0.05) is 11.8 Å². The largest absolute Gasteiger partial charge is 0.501 e. The van der Waals surface area contributed by atoms with Gasteiger partial charge in [0.05, 0.1) is 17.9 Å². The highest BCUT2D eigenvalue weighted by Gasteiger charge is 2.21. The third-order valence-electron chi connectivity index (χ3n) is 1.99. The molecule has 0 saturated carbocycles. The summed E-state index contributed by atoms with van der Waals surface area (Å²) < 4.78 is 10.4. The summed E-state index contributed by atoms with van der Waals surface area (Å²) in [5.74, 6) is -0.486. The minimum absolute atomic E-state index is 0.218. The SMILES string of the molecule is CCO/C=C/c1cc(Cl)cnc1C(=O)OC(C)(C)C. The predicted molar refractivity (Wildman–Crippen MR) is 75.1 cm³/mol. The van der Waals surface area contributed by atoms with Crippen LogP contribution < -0.4 is 0 Å². The molecular formula is C14H18ClNO3. The van der Waals surface area contributed by atoms with Crippen molar-refractivity contribution in [2.75, 3.05) is 6.61 Å². The molecule has 4 nitrogen and oxygen atoms in total. The fourth-order valence-corrected chi connectivity index (χ4v) is 1.46. The average Bonchev–Trinajstić information content (AvgIpc) is 2.27. The summed E-state index contributed by atoms with van der Waals surface area (Å²) in [4.78, 5) is 16.1. The second kappa shape index (κ2) is 6.57. The first-order valence-electron chi connectivity index (χ1n) is 6.00. The van der Waals surface area contributed by atoms with E-state index in [1.54, 1.807) is 32.9 Å². The van der Waals surface area contributed by atoms with Crippen molar-refractivity contribution < 1.29 is 14.3 Å². The van der Waals surface area contributed by atoms with E-state index in [1.165, 1.54) is 12.5 Å². The van der Waals surface area contributed by atoms with Gasteiger partial charge in [-0.05, 0) is 39.8 Å². The van der Waals surface area contributed by atoms with Gasteiger partial charge < -0.3 is 9.47 Å². The predicted octanol–water partition coefficient (Wildman–Crippen LogP) is 3.70. The lowest BCUT2D eigenvalue weighted by atomic mass is 10.1. The monoisotopic (exact) mass is 283 g/mol.